The molecule has 5 nitrogen and oxygen atoms in total. The second kappa shape index (κ2) is 6.14. The van der Waals surface area contributed by atoms with Crippen LogP contribution in [-0.2, 0) is 16.2 Å². The Morgan fingerprint density at radius 1 is 1.28 bits per heavy atom. The van der Waals surface area contributed by atoms with Gasteiger partial charge in [0.1, 0.15) is 17.5 Å². The van der Waals surface area contributed by atoms with Gasteiger partial charge in [0.15, 0.2) is 0 Å². The van der Waals surface area contributed by atoms with E-state index in [1.165, 1.54) is 20.9 Å². The minimum atomic E-state index is -4.59. The fourth-order valence-electron chi connectivity index (χ4n) is 2.83. The third kappa shape index (κ3) is 3.50. The average Bonchev–Trinajstić information content (AvgIpc) is 2.46. The Labute approximate surface area is 145 Å². The summed E-state index contributed by atoms with van der Waals surface area (Å²) in [5.74, 6) is 0.124. The van der Waals surface area contributed by atoms with E-state index >= 15 is 0 Å². The van der Waals surface area contributed by atoms with E-state index < -0.39 is 44.8 Å². The lowest BCUT2D eigenvalue weighted by Gasteiger charge is -2.45. The molecule has 1 aliphatic heterocycles. The molecular weight excluding hydrogens is 359 g/mol. The number of halogens is 3. The molecule has 142 valence electrons. The summed E-state index contributed by atoms with van der Waals surface area (Å²) in [7, 11) is -2.56. The number of hydrogen-bond acceptors (Lipinski definition) is 4. The number of rotatable bonds is 3. The Hall–Kier alpha value is -1.32. The highest BCUT2D eigenvalue weighted by Crippen LogP contribution is 2.45. The molecular formula is C16H22F3NO4S. The van der Waals surface area contributed by atoms with Gasteiger partial charge >= 0.3 is 6.18 Å². The van der Waals surface area contributed by atoms with Gasteiger partial charge in [-0.3, -0.25) is 0 Å². The number of nitrogens with zero attached hydrogens (tertiary/aromatic N) is 1. The molecule has 2 rings (SSSR count). The molecule has 0 aromatic heterocycles. The Bertz CT molecular complexity index is 759. The molecule has 0 radical (unpaired) electrons. The zero-order valence-corrected chi connectivity index (χ0v) is 15.4. The monoisotopic (exact) mass is 381 g/mol. The number of ether oxygens (including phenoxy) is 1. The van der Waals surface area contributed by atoms with Crippen molar-refractivity contribution in [3.05, 3.63) is 29.3 Å². The lowest BCUT2D eigenvalue weighted by atomic mass is 9.86. The van der Waals surface area contributed by atoms with Gasteiger partial charge in [0, 0.05) is 12.6 Å². The third-order valence-corrected chi connectivity index (χ3v) is 6.65. The summed E-state index contributed by atoms with van der Waals surface area (Å²) in [6.07, 6.45) is -5.94. The van der Waals surface area contributed by atoms with Crippen LogP contribution in [0.3, 0.4) is 0 Å². The van der Waals surface area contributed by atoms with E-state index in [2.05, 4.69) is 0 Å². The van der Waals surface area contributed by atoms with Crippen molar-refractivity contribution in [3.8, 4) is 5.75 Å². The van der Waals surface area contributed by atoms with Crippen LogP contribution in [0, 0.1) is 0 Å². The topological polar surface area (TPSA) is 66.8 Å². The molecule has 1 aromatic rings. The zero-order chi connectivity index (χ0) is 19.4. The first-order valence-corrected chi connectivity index (χ1v) is 9.25. The molecule has 1 aliphatic rings. The minimum Gasteiger partial charge on any atom is -0.485 e. The Morgan fingerprint density at radius 2 is 1.84 bits per heavy atom. The van der Waals surface area contributed by atoms with Crippen LogP contribution >= 0.6 is 0 Å². The van der Waals surface area contributed by atoms with Gasteiger partial charge in [-0.05, 0) is 45.9 Å². The first-order chi connectivity index (χ1) is 11.2. The number of hydrogen-bond donors (Lipinski definition) is 1. The summed E-state index contributed by atoms with van der Waals surface area (Å²) in [6, 6.07) is 1.69. The van der Waals surface area contributed by atoms with Gasteiger partial charge in [0.05, 0.1) is 16.9 Å². The van der Waals surface area contributed by atoms with E-state index in [4.69, 9.17) is 4.74 Å². The molecule has 1 aromatic carbocycles. The SMILES string of the molecule is CC(C)S(=O)(=O)N(C)[C@H]1c2cc(C(F)(F)F)ccc2OC(C)(C)[C@@H]1O. The molecule has 25 heavy (non-hydrogen) atoms. The Kier molecular flexibility index (Phi) is 4.91. The molecule has 0 amide bonds. The average molecular weight is 381 g/mol. The second-order valence-corrected chi connectivity index (χ2v) is 9.50. The van der Waals surface area contributed by atoms with Crippen molar-refractivity contribution in [3.63, 3.8) is 0 Å². The van der Waals surface area contributed by atoms with Gasteiger partial charge in [-0.1, -0.05) is 0 Å². The van der Waals surface area contributed by atoms with E-state index in [0.717, 1.165) is 22.5 Å². The predicted molar refractivity (Wildman–Crippen MR) is 86.7 cm³/mol. The van der Waals surface area contributed by atoms with Crippen molar-refractivity contribution in [2.45, 2.75) is 56.9 Å². The molecule has 0 bridgehead atoms. The van der Waals surface area contributed by atoms with Crippen LogP contribution < -0.4 is 4.74 Å². The summed E-state index contributed by atoms with van der Waals surface area (Å²) in [6.45, 7) is 6.05. The van der Waals surface area contributed by atoms with Crippen LogP contribution in [-0.4, -0.2) is 41.8 Å². The number of benzene rings is 1. The molecule has 2 atom stereocenters. The van der Waals surface area contributed by atoms with Gasteiger partial charge in [-0.15, -0.1) is 0 Å². The molecule has 0 saturated carbocycles. The van der Waals surface area contributed by atoms with Crippen molar-refractivity contribution in [1.29, 1.82) is 0 Å². The van der Waals surface area contributed by atoms with Crippen LogP contribution in [0.15, 0.2) is 18.2 Å². The number of fused-ring (bicyclic) bond motifs is 1. The zero-order valence-electron chi connectivity index (χ0n) is 14.6. The Balaban J connectivity index is 2.67. The van der Waals surface area contributed by atoms with Crippen LogP contribution in [0.4, 0.5) is 13.2 Å². The fraction of sp³-hybridized carbons (Fsp3) is 0.625. The number of likely N-dealkylation sites (N-methyl/N-ethyl adjacent to an activating group) is 1. The summed E-state index contributed by atoms with van der Waals surface area (Å²) < 4.78 is 70.8. The van der Waals surface area contributed by atoms with Crippen LogP contribution in [0.1, 0.15) is 44.9 Å². The van der Waals surface area contributed by atoms with Crippen LogP contribution in [0.25, 0.3) is 0 Å². The molecule has 0 fully saturated rings. The molecule has 0 aliphatic carbocycles. The highest BCUT2D eigenvalue weighted by molar-refractivity contribution is 7.89. The van der Waals surface area contributed by atoms with Gasteiger partial charge in [-0.2, -0.15) is 17.5 Å². The lowest BCUT2D eigenvalue weighted by Crippen LogP contribution is -2.54. The standard InChI is InChI=1S/C16H22F3NO4S/c1-9(2)25(22,23)20(5)13-11-8-10(16(17,18)19)6-7-12(11)24-15(3,4)14(13)21/h6-9,13-14,21H,1-5H3/t13-,14+/m0/s1. The minimum absolute atomic E-state index is 0.00613. The molecule has 9 heteroatoms. The first kappa shape index (κ1) is 20.0. The summed E-state index contributed by atoms with van der Waals surface area (Å²) in [5, 5.41) is 9.85. The normalized spacial score (nSPS) is 23.5. The predicted octanol–water partition coefficient (Wildman–Crippen LogP) is 2.95. The quantitative estimate of drug-likeness (QED) is 0.874. The highest BCUT2D eigenvalue weighted by atomic mass is 32.2. The van der Waals surface area contributed by atoms with Gasteiger partial charge < -0.3 is 9.84 Å². The summed E-state index contributed by atoms with van der Waals surface area (Å²) >= 11 is 0. The van der Waals surface area contributed by atoms with Crippen molar-refractivity contribution in [2.75, 3.05) is 7.05 Å². The van der Waals surface area contributed by atoms with Crippen molar-refractivity contribution >= 4 is 10.0 Å². The van der Waals surface area contributed by atoms with Crippen LogP contribution in [0.2, 0.25) is 0 Å². The molecule has 1 heterocycles. The molecule has 0 unspecified atom stereocenters. The lowest BCUT2D eigenvalue weighted by molar-refractivity contribution is -0.138. The van der Waals surface area contributed by atoms with E-state index in [9.17, 15) is 26.7 Å². The molecule has 0 saturated heterocycles. The van der Waals surface area contributed by atoms with Gasteiger partial charge in [-0.25, -0.2) is 8.42 Å². The smallest absolute Gasteiger partial charge is 0.416 e. The Morgan fingerprint density at radius 3 is 2.32 bits per heavy atom. The molecule has 1 N–H and O–H groups in total. The summed E-state index contributed by atoms with van der Waals surface area (Å²) in [5.41, 5.74) is -2.10. The van der Waals surface area contributed by atoms with Crippen molar-refractivity contribution in [1.82, 2.24) is 4.31 Å². The highest BCUT2D eigenvalue weighted by Gasteiger charge is 2.48. The third-order valence-electron chi connectivity index (χ3n) is 4.43. The van der Waals surface area contributed by atoms with Crippen molar-refractivity contribution in [2.24, 2.45) is 0 Å². The number of alkyl halides is 3. The van der Waals surface area contributed by atoms with Gasteiger partial charge in [0.25, 0.3) is 0 Å². The van der Waals surface area contributed by atoms with Crippen molar-refractivity contribution < 1.29 is 31.4 Å². The van der Waals surface area contributed by atoms with E-state index in [1.54, 1.807) is 13.8 Å². The van der Waals surface area contributed by atoms with E-state index in [-0.39, 0.29) is 11.3 Å². The first-order valence-electron chi connectivity index (χ1n) is 7.74. The van der Waals surface area contributed by atoms with Gasteiger partial charge in [0.2, 0.25) is 10.0 Å². The largest absolute Gasteiger partial charge is 0.485 e. The maximum atomic E-state index is 13.1. The molecule has 0 spiro atoms. The van der Waals surface area contributed by atoms with Crippen LogP contribution in [0.5, 0.6) is 5.75 Å². The number of aliphatic hydroxyl groups excluding tert-OH is 1. The van der Waals surface area contributed by atoms with E-state index in [1.807, 2.05) is 0 Å². The summed E-state index contributed by atoms with van der Waals surface area (Å²) in [4.78, 5) is 0. The second-order valence-electron chi connectivity index (χ2n) is 6.96. The fourth-order valence-corrected chi connectivity index (χ4v) is 4.04. The number of aliphatic hydroxyl groups is 1. The maximum absolute atomic E-state index is 13.1. The number of sulfonamides is 1. The van der Waals surface area contributed by atoms with E-state index in [0.29, 0.717) is 0 Å². The maximum Gasteiger partial charge on any atom is 0.416 e.